The van der Waals surface area contributed by atoms with Gasteiger partial charge < -0.3 is 10.1 Å². The molecule has 0 radical (unpaired) electrons. The van der Waals surface area contributed by atoms with Crippen molar-refractivity contribution in [2.45, 2.75) is 10.9 Å². The number of ether oxygens (including phenoxy) is 1. The van der Waals surface area contributed by atoms with Crippen molar-refractivity contribution in [3.05, 3.63) is 29.8 Å². The first-order chi connectivity index (χ1) is 9.82. The van der Waals surface area contributed by atoms with Crippen LogP contribution in [0.25, 0.3) is 0 Å². The van der Waals surface area contributed by atoms with Crippen molar-refractivity contribution in [1.82, 2.24) is 9.62 Å². The van der Waals surface area contributed by atoms with E-state index in [4.69, 9.17) is 0 Å². The molecule has 116 valence electrons. The largest absolute Gasteiger partial charge is 0.375 e. The first kappa shape index (κ1) is 15.8. The van der Waals surface area contributed by atoms with E-state index < -0.39 is 26.6 Å². The second-order valence-corrected chi connectivity index (χ2v) is 6.56. The molecule has 1 heterocycles. The summed E-state index contributed by atoms with van der Waals surface area (Å²) >= 11 is 0. The van der Waals surface area contributed by atoms with E-state index >= 15 is 0 Å². The van der Waals surface area contributed by atoms with E-state index in [1.807, 2.05) is 0 Å². The van der Waals surface area contributed by atoms with E-state index in [1.165, 1.54) is 7.11 Å². The summed E-state index contributed by atoms with van der Waals surface area (Å²) in [6.07, 6.45) is 0. The zero-order chi connectivity index (χ0) is 15.6. The van der Waals surface area contributed by atoms with Gasteiger partial charge in [0.15, 0.2) is 0 Å². The van der Waals surface area contributed by atoms with Crippen molar-refractivity contribution in [1.29, 1.82) is 0 Å². The van der Waals surface area contributed by atoms with Crippen molar-refractivity contribution < 1.29 is 26.7 Å². The summed E-state index contributed by atoms with van der Waals surface area (Å²) in [7, 11) is -2.59. The van der Waals surface area contributed by atoms with Crippen molar-refractivity contribution in [2.24, 2.45) is 0 Å². The highest BCUT2D eigenvalue weighted by Crippen LogP contribution is 2.23. The Balaban J connectivity index is 2.02. The molecule has 1 aromatic rings. The smallest absolute Gasteiger partial charge is 0.246 e. The molecule has 1 amide bonds. The van der Waals surface area contributed by atoms with Crippen molar-refractivity contribution in [3.63, 3.8) is 0 Å². The number of nitrogens with one attached hydrogen (secondary N) is 1. The molecule has 9 heteroatoms. The third-order valence-corrected chi connectivity index (χ3v) is 4.77. The molecule has 0 saturated carbocycles. The molecule has 1 saturated heterocycles. The van der Waals surface area contributed by atoms with Crippen LogP contribution in [0.5, 0.6) is 0 Å². The Hall–Kier alpha value is -1.58. The lowest BCUT2D eigenvalue weighted by Crippen LogP contribution is -2.61. The Morgan fingerprint density at radius 1 is 1.33 bits per heavy atom. The minimum atomic E-state index is -3.96. The number of hydrogen-bond acceptors (Lipinski definition) is 4. The van der Waals surface area contributed by atoms with Gasteiger partial charge in [0.05, 0.1) is 10.9 Å². The van der Waals surface area contributed by atoms with E-state index in [0.29, 0.717) is 6.07 Å². The standard InChI is InChI=1S/C12H14F2N2O4S/c1-20-7-12(17)15-10-5-16(6-10)21(18,19)11-3-8(13)2-9(14)4-11/h2-4,10H,5-7H2,1H3,(H,15,17). The highest BCUT2D eigenvalue weighted by atomic mass is 32.2. The topological polar surface area (TPSA) is 75.7 Å². The van der Waals surface area contributed by atoms with Crippen LogP contribution in [0.4, 0.5) is 8.78 Å². The SMILES string of the molecule is COCC(=O)NC1CN(S(=O)(=O)c2cc(F)cc(F)c2)C1. The fourth-order valence-corrected chi connectivity index (χ4v) is 3.53. The molecule has 1 aliphatic heterocycles. The van der Waals surface area contributed by atoms with Gasteiger partial charge >= 0.3 is 0 Å². The Morgan fingerprint density at radius 3 is 2.43 bits per heavy atom. The molecule has 0 unspecified atom stereocenters. The summed E-state index contributed by atoms with van der Waals surface area (Å²) < 4.78 is 56.1. The van der Waals surface area contributed by atoms with Gasteiger partial charge in [-0.25, -0.2) is 17.2 Å². The normalized spacial score (nSPS) is 16.5. The Morgan fingerprint density at radius 2 is 1.90 bits per heavy atom. The maximum Gasteiger partial charge on any atom is 0.246 e. The quantitative estimate of drug-likeness (QED) is 0.835. The van der Waals surface area contributed by atoms with Gasteiger partial charge in [0.2, 0.25) is 15.9 Å². The van der Waals surface area contributed by atoms with Crippen LogP contribution in [0.2, 0.25) is 0 Å². The highest BCUT2D eigenvalue weighted by molar-refractivity contribution is 7.89. The van der Waals surface area contributed by atoms with E-state index in [9.17, 15) is 22.0 Å². The third-order valence-electron chi connectivity index (χ3n) is 2.96. The Kier molecular flexibility index (Phi) is 4.55. The van der Waals surface area contributed by atoms with Crippen LogP contribution in [0, 0.1) is 11.6 Å². The van der Waals surface area contributed by atoms with E-state index in [2.05, 4.69) is 10.1 Å². The van der Waals surface area contributed by atoms with Crippen LogP contribution < -0.4 is 5.32 Å². The average Bonchev–Trinajstić information content (AvgIpc) is 2.32. The number of carbonyl (C=O) groups is 1. The van der Waals surface area contributed by atoms with Crippen molar-refractivity contribution >= 4 is 15.9 Å². The highest BCUT2D eigenvalue weighted by Gasteiger charge is 2.37. The van der Waals surface area contributed by atoms with Crippen LogP contribution >= 0.6 is 0 Å². The van der Waals surface area contributed by atoms with Crippen molar-refractivity contribution in [3.8, 4) is 0 Å². The summed E-state index contributed by atoms with van der Waals surface area (Å²) in [6.45, 7) is -0.00972. The summed E-state index contributed by atoms with van der Waals surface area (Å²) in [6, 6.07) is 1.79. The van der Waals surface area contributed by atoms with Gasteiger partial charge in [-0.2, -0.15) is 4.31 Å². The zero-order valence-electron chi connectivity index (χ0n) is 11.2. The van der Waals surface area contributed by atoms with E-state index in [1.54, 1.807) is 0 Å². The van der Waals surface area contributed by atoms with Crippen LogP contribution in [0.1, 0.15) is 0 Å². The molecule has 0 bridgehead atoms. The number of nitrogens with zero attached hydrogens (tertiary/aromatic N) is 1. The van der Waals surface area contributed by atoms with Crippen LogP contribution in [0.3, 0.4) is 0 Å². The van der Waals surface area contributed by atoms with Gasteiger partial charge in [0.25, 0.3) is 0 Å². The van der Waals surface area contributed by atoms with Gasteiger partial charge in [-0.05, 0) is 12.1 Å². The van der Waals surface area contributed by atoms with Gasteiger partial charge in [-0.3, -0.25) is 4.79 Å². The predicted molar refractivity (Wildman–Crippen MR) is 68.9 cm³/mol. The second-order valence-electron chi connectivity index (χ2n) is 4.62. The first-order valence-electron chi connectivity index (χ1n) is 6.07. The monoisotopic (exact) mass is 320 g/mol. The minimum Gasteiger partial charge on any atom is -0.375 e. The molecular weight excluding hydrogens is 306 g/mol. The van der Waals surface area contributed by atoms with Crippen LogP contribution in [-0.2, 0) is 19.6 Å². The molecular formula is C12H14F2N2O4S. The number of methoxy groups -OCH3 is 1. The average molecular weight is 320 g/mol. The lowest BCUT2D eigenvalue weighted by atomic mass is 10.2. The number of amides is 1. The summed E-state index contributed by atoms with van der Waals surface area (Å²) in [5.41, 5.74) is 0. The maximum atomic E-state index is 13.1. The molecule has 1 fully saturated rings. The fourth-order valence-electron chi connectivity index (χ4n) is 1.95. The number of benzene rings is 1. The summed E-state index contributed by atoms with van der Waals surface area (Å²) in [5.74, 6) is -2.27. The first-order valence-corrected chi connectivity index (χ1v) is 7.51. The predicted octanol–water partition coefficient (Wildman–Crippen LogP) is 0.100. The van der Waals surface area contributed by atoms with Gasteiger partial charge in [0, 0.05) is 26.3 Å². The molecule has 0 spiro atoms. The number of sulfonamides is 1. The maximum absolute atomic E-state index is 13.1. The molecule has 0 atom stereocenters. The van der Waals surface area contributed by atoms with Crippen molar-refractivity contribution in [2.75, 3.05) is 26.8 Å². The summed E-state index contributed by atoms with van der Waals surface area (Å²) in [4.78, 5) is 10.8. The molecule has 1 aromatic carbocycles. The van der Waals surface area contributed by atoms with Gasteiger partial charge in [-0.15, -0.1) is 0 Å². The van der Waals surface area contributed by atoms with Crippen LogP contribution in [-0.4, -0.2) is 51.5 Å². The molecule has 1 aliphatic rings. The third kappa shape index (κ3) is 3.55. The Labute approximate surface area is 120 Å². The number of rotatable bonds is 5. The molecule has 6 nitrogen and oxygen atoms in total. The second kappa shape index (κ2) is 6.04. The van der Waals surface area contributed by atoms with Gasteiger partial charge in [-0.1, -0.05) is 0 Å². The lowest BCUT2D eigenvalue weighted by Gasteiger charge is -2.38. The zero-order valence-corrected chi connectivity index (χ0v) is 12.0. The van der Waals surface area contributed by atoms with Crippen LogP contribution in [0.15, 0.2) is 23.1 Å². The number of halogens is 2. The fraction of sp³-hybridized carbons (Fsp3) is 0.417. The molecule has 21 heavy (non-hydrogen) atoms. The van der Waals surface area contributed by atoms with Gasteiger partial charge in [0.1, 0.15) is 18.2 Å². The molecule has 0 aromatic heterocycles. The molecule has 0 aliphatic carbocycles. The van der Waals surface area contributed by atoms with E-state index in [0.717, 1.165) is 16.4 Å². The Bertz CT molecular complexity index is 624. The molecule has 1 N–H and O–H groups in total. The van der Waals surface area contributed by atoms with E-state index in [-0.39, 0.29) is 31.6 Å². The summed E-state index contributed by atoms with van der Waals surface area (Å²) in [5, 5.41) is 2.58. The molecule has 2 rings (SSSR count). The lowest BCUT2D eigenvalue weighted by molar-refractivity contribution is -0.126. The number of carbonyl (C=O) groups excluding carboxylic acids is 1. The minimum absolute atomic E-state index is 0.0515. The number of hydrogen-bond donors (Lipinski definition) is 1.